The van der Waals surface area contributed by atoms with Gasteiger partial charge in [-0.05, 0) is 12.6 Å². The quantitative estimate of drug-likeness (QED) is 0.727. The van der Waals surface area contributed by atoms with Gasteiger partial charge in [-0.15, -0.1) is 0 Å². The van der Waals surface area contributed by atoms with Crippen LogP contribution >= 0.6 is 11.6 Å². The van der Waals surface area contributed by atoms with Crippen LogP contribution in [-0.2, 0) is 0 Å². The fourth-order valence-electron chi connectivity index (χ4n) is 2.60. The molecule has 1 saturated heterocycles. The number of nitrogens with one attached hydrogen (secondary N) is 1. The van der Waals surface area contributed by atoms with Gasteiger partial charge in [0.25, 0.3) is 0 Å². The first-order valence-electron chi connectivity index (χ1n) is 5.56. The molecule has 4 heteroatoms. The van der Waals surface area contributed by atoms with Gasteiger partial charge in [-0.25, -0.2) is 0 Å². The van der Waals surface area contributed by atoms with E-state index in [9.17, 15) is 5.11 Å². The molecule has 16 heavy (non-hydrogen) atoms. The molecule has 2 unspecified atom stereocenters. The van der Waals surface area contributed by atoms with Gasteiger partial charge in [0.1, 0.15) is 11.4 Å². The molecular formula is C12H14ClNO2. The van der Waals surface area contributed by atoms with Crippen molar-refractivity contribution < 1.29 is 9.84 Å². The molecule has 2 atom stereocenters. The van der Waals surface area contributed by atoms with Gasteiger partial charge < -0.3 is 15.2 Å². The Hall–Kier alpha value is -0.770. The Balaban J connectivity index is 2.04. The van der Waals surface area contributed by atoms with Crippen molar-refractivity contribution in [2.45, 2.75) is 24.5 Å². The zero-order valence-corrected chi connectivity index (χ0v) is 9.63. The Morgan fingerprint density at radius 1 is 1.50 bits per heavy atom. The van der Waals surface area contributed by atoms with Crippen LogP contribution in [0, 0.1) is 0 Å². The molecule has 2 N–H and O–H groups in total. The van der Waals surface area contributed by atoms with Crippen molar-refractivity contribution in [1.82, 2.24) is 5.32 Å². The SMILES string of the molecule is OC1CC2(CCNC2)Oc2c(Cl)cccc21. The lowest BCUT2D eigenvalue weighted by Crippen LogP contribution is -2.43. The summed E-state index contributed by atoms with van der Waals surface area (Å²) in [6.45, 7) is 1.72. The minimum Gasteiger partial charge on any atom is -0.484 e. The number of aliphatic hydroxyl groups excluding tert-OH is 1. The number of fused-ring (bicyclic) bond motifs is 1. The normalized spacial score (nSPS) is 32.5. The summed E-state index contributed by atoms with van der Waals surface area (Å²) in [7, 11) is 0. The number of halogens is 1. The molecule has 0 aliphatic carbocycles. The third-order valence-corrected chi connectivity index (χ3v) is 3.74. The van der Waals surface area contributed by atoms with Gasteiger partial charge in [0, 0.05) is 24.9 Å². The lowest BCUT2D eigenvalue weighted by atomic mass is 9.88. The molecule has 0 radical (unpaired) electrons. The molecule has 0 bridgehead atoms. The van der Waals surface area contributed by atoms with E-state index in [0.717, 1.165) is 25.1 Å². The van der Waals surface area contributed by atoms with Crippen molar-refractivity contribution in [3.05, 3.63) is 28.8 Å². The summed E-state index contributed by atoms with van der Waals surface area (Å²) >= 11 is 6.11. The lowest BCUT2D eigenvalue weighted by molar-refractivity contribution is -0.000194. The van der Waals surface area contributed by atoms with E-state index in [4.69, 9.17) is 16.3 Å². The largest absolute Gasteiger partial charge is 0.484 e. The number of rotatable bonds is 0. The topological polar surface area (TPSA) is 41.5 Å². The van der Waals surface area contributed by atoms with Gasteiger partial charge in [-0.3, -0.25) is 0 Å². The first kappa shape index (κ1) is 10.4. The van der Waals surface area contributed by atoms with Crippen molar-refractivity contribution in [2.24, 2.45) is 0 Å². The molecule has 2 aliphatic rings. The molecule has 3 nitrogen and oxygen atoms in total. The minimum atomic E-state index is -0.470. The van der Waals surface area contributed by atoms with Crippen molar-refractivity contribution in [2.75, 3.05) is 13.1 Å². The third kappa shape index (κ3) is 1.51. The number of ether oxygens (including phenoxy) is 1. The average molecular weight is 240 g/mol. The van der Waals surface area contributed by atoms with E-state index in [1.54, 1.807) is 6.07 Å². The van der Waals surface area contributed by atoms with Gasteiger partial charge in [-0.1, -0.05) is 23.7 Å². The summed E-state index contributed by atoms with van der Waals surface area (Å²) in [5.74, 6) is 0.659. The van der Waals surface area contributed by atoms with E-state index < -0.39 is 6.10 Å². The van der Waals surface area contributed by atoms with Gasteiger partial charge in [0.2, 0.25) is 0 Å². The molecule has 86 valence electrons. The molecular weight excluding hydrogens is 226 g/mol. The summed E-state index contributed by atoms with van der Waals surface area (Å²) in [4.78, 5) is 0. The van der Waals surface area contributed by atoms with Crippen LogP contribution in [0.25, 0.3) is 0 Å². The van der Waals surface area contributed by atoms with E-state index in [2.05, 4.69) is 5.32 Å². The molecule has 1 spiro atoms. The zero-order chi connectivity index (χ0) is 11.2. The highest BCUT2D eigenvalue weighted by Crippen LogP contribution is 2.45. The van der Waals surface area contributed by atoms with Gasteiger partial charge in [0.05, 0.1) is 11.1 Å². The molecule has 1 fully saturated rings. The van der Waals surface area contributed by atoms with Gasteiger partial charge in [-0.2, -0.15) is 0 Å². The number of benzene rings is 1. The second-order valence-corrected chi connectivity index (χ2v) is 5.00. The molecule has 0 aromatic heterocycles. The Labute approximate surface area is 99.4 Å². The second kappa shape index (κ2) is 3.62. The first-order chi connectivity index (χ1) is 7.70. The van der Waals surface area contributed by atoms with E-state index in [1.165, 1.54) is 0 Å². The second-order valence-electron chi connectivity index (χ2n) is 4.59. The standard InChI is InChI=1S/C12H14ClNO2/c13-9-3-1-2-8-10(15)6-12(16-11(8)9)4-5-14-7-12/h1-3,10,14-15H,4-7H2. The van der Waals surface area contributed by atoms with Crippen molar-refractivity contribution in [3.8, 4) is 5.75 Å². The van der Waals surface area contributed by atoms with E-state index in [-0.39, 0.29) is 5.60 Å². The van der Waals surface area contributed by atoms with Gasteiger partial charge >= 0.3 is 0 Å². The molecule has 0 amide bonds. The summed E-state index contributed by atoms with van der Waals surface area (Å²) in [6, 6.07) is 5.52. The number of hydrogen-bond donors (Lipinski definition) is 2. The van der Waals surface area contributed by atoms with E-state index >= 15 is 0 Å². The van der Waals surface area contributed by atoms with Crippen molar-refractivity contribution in [1.29, 1.82) is 0 Å². The fourth-order valence-corrected chi connectivity index (χ4v) is 2.82. The van der Waals surface area contributed by atoms with Crippen molar-refractivity contribution in [3.63, 3.8) is 0 Å². The maximum Gasteiger partial charge on any atom is 0.144 e. The van der Waals surface area contributed by atoms with Crippen LogP contribution in [0.4, 0.5) is 0 Å². The Morgan fingerprint density at radius 2 is 2.38 bits per heavy atom. The average Bonchev–Trinajstić information content (AvgIpc) is 2.68. The highest BCUT2D eigenvalue weighted by molar-refractivity contribution is 6.32. The number of para-hydroxylation sites is 1. The number of hydrogen-bond acceptors (Lipinski definition) is 3. The molecule has 1 aromatic carbocycles. The zero-order valence-electron chi connectivity index (χ0n) is 8.87. The predicted octanol–water partition coefficient (Wildman–Crippen LogP) is 1.89. The molecule has 3 rings (SSSR count). The van der Waals surface area contributed by atoms with Gasteiger partial charge in [0.15, 0.2) is 0 Å². The number of aliphatic hydroxyl groups is 1. The summed E-state index contributed by atoms with van der Waals surface area (Å²) < 4.78 is 6.03. The van der Waals surface area contributed by atoms with Crippen LogP contribution in [0.3, 0.4) is 0 Å². The highest BCUT2D eigenvalue weighted by Gasteiger charge is 2.43. The van der Waals surface area contributed by atoms with Crippen LogP contribution in [0.15, 0.2) is 18.2 Å². The minimum absolute atomic E-state index is 0.266. The first-order valence-corrected chi connectivity index (χ1v) is 5.94. The van der Waals surface area contributed by atoms with Crippen LogP contribution in [0.1, 0.15) is 24.5 Å². The van der Waals surface area contributed by atoms with E-state index in [0.29, 0.717) is 17.2 Å². The lowest BCUT2D eigenvalue weighted by Gasteiger charge is -2.37. The van der Waals surface area contributed by atoms with Crippen molar-refractivity contribution >= 4 is 11.6 Å². The summed E-state index contributed by atoms with van der Waals surface area (Å²) in [5.41, 5.74) is 0.544. The molecule has 2 heterocycles. The Morgan fingerprint density at radius 3 is 3.12 bits per heavy atom. The maximum atomic E-state index is 10.1. The Kier molecular flexibility index (Phi) is 2.35. The van der Waals surface area contributed by atoms with Crippen LogP contribution in [-0.4, -0.2) is 23.8 Å². The molecule has 2 aliphatic heterocycles. The smallest absolute Gasteiger partial charge is 0.144 e. The molecule has 0 saturated carbocycles. The monoisotopic (exact) mass is 239 g/mol. The van der Waals surface area contributed by atoms with Crippen LogP contribution in [0.2, 0.25) is 5.02 Å². The summed E-state index contributed by atoms with van der Waals surface area (Å²) in [5, 5.41) is 14.0. The maximum absolute atomic E-state index is 10.1. The van der Waals surface area contributed by atoms with E-state index in [1.807, 2.05) is 12.1 Å². The summed E-state index contributed by atoms with van der Waals surface area (Å²) in [6.07, 6.45) is 1.10. The van der Waals surface area contributed by atoms with Crippen LogP contribution < -0.4 is 10.1 Å². The predicted molar refractivity (Wildman–Crippen MR) is 61.9 cm³/mol. The highest BCUT2D eigenvalue weighted by atomic mass is 35.5. The fraction of sp³-hybridized carbons (Fsp3) is 0.500. The Bertz CT molecular complexity index is 415. The third-order valence-electron chi connectivity index (χ3n) is 3.44. The van der Waals surface area contributed by atoms with Crippen LogP contribution in [0.5, 0.6) is 5.75 Å². The molecule has 1 aromatic rings.